The van der Waals surface area contributed by atoms with E-state index in [0.717, 1.165) is 48.6 Å². The maximum atomic E-state index is 5.63. The van der Waals surface area contributed by atoms with Crippen molar-refractivity contribution in [3.8, 4) is 11.5 Å². The summed E-state index contributed by atoms with van der Waals surface area (Å²) in [7, 11) is 3.30. The average Bonchev–Trinajstić information content (AvgIpc) is 3.43. The SMILES string of the molecule is CCNC(=NCc1ccc(OC)cc1OC)NCCOCC1CC1.I. The zero-order chi connectivity index (χ0) is 17.2. The molecule has 0 saturated heterocycles. The van der Waals surface area contributed by atoms with Gasteiger partial charge in [-0.15, -0.1) is 24.0 Å². The Hall–Kier alpha value is -1.22. The molecule has 0 unspecified atom stereocenters. The van der Waals surface area contributed by atoms with Gasteiger partial charge in [-0.05, 0) is 37.8 Å². The summed E-state index contributed by atoms with van der Waals surface area (Å²) in [6.07, 6.45) is 2.64. The van der Waals surface area contributed by atoms with Gasteiger partial charge < -0.3 is 24.8 Å². The number of rotatable bonds is 10. The van der Waals surface area contributed by atoms with Gasteiger partial charge in [-0.25, -0.2) is 4.99 Å². The van der Waals surface area contributed by atoms with Gasteiger partial charge in [0, 0.05) is 31.3 Å². The Morgan fingerprint density at radius 1 is 1.20 bits per heavy atom. The zero-order valence-electron chi connectivity index (χ0n) is 15.3. The lowest BCUT2D eigenvalue weighted by atomic mass is 10.2. The van der Waals surface area contributed by atoms with Gasteiger partial charge in [0.25, 0.3) is 0 Å². The second-order valence-electron chi connectivity index (χ2n) is 5.82. The summed E-state index contributed by atoms with van der Waals surface area (Å²) in [6, 6.07) is 5.76. The molecule has 7 heteroatoms. The highest BCUT2D eigenvalue weighted by Gasteiger charge is 2.20. The fourth-order valence-electron chi connectivity index (χ4n) is 2.26. The number of benzene rings is 1. The molecule has 1 saturated carbocycles. The summed E-state index contributed by atoms with van der Waals surface area (Å²) < 4.78 is 16.3. The van der Waals surface area contributed by atoms with Crippen molar-refractivity contribution in [1.82, 2.24) is 10.6 Å². The number of nitrogens with one attached hydrogen (secondary N) is 2. The van der Waals surface area contributed by atoms with E-state index in [1.54, 1.807) is 14.2 Å². The van der Waals surface area contributed by atoms with Crippen molar-refractivity contribution in [3.05, 3.63) is 23.8 Å². The molecular formula is C18H30IN3O3. The first kappa shape index (κ1) is 21.8. The summed E-state index contributed by atoms with van der Waals surface area (Å²) in [6.45, 7) is 5.73. The summed E-state index contributed by atoms with van der Waals surface area (Å²) in [4.78, 5) is 4.61. The molecule has 1 aromatic carbocycles. The number of guanidine groups is 1. The van der Waals surface area contributed by atoms with Crippen molar-refractivity contribution in [3.63, 3.8) is 0 Å². The van der Waals surface area contributed by atoms with Crippen LogP contribution in [0.2, 0.25) is 0 Å². The number of hydrogen-bond acceptors (Lipinski definition) is 4. The third-order valence-corrected chi connectivity index (χ3v) is 3.84. The Kier molecular flexibility index (Phi) is 10.6. The number of hydrogen-bond donors (Lipinski definition) is 2. The largest absolute Gasteiger partial charge is 0.497 e. The molecule has 25 heavy (non-hydrogen) atoms. The highest BCUT2D eigenvalue weighted by Crippen LogP contribution is 2.28. The van der Waals surface area contributed by atoms with E-state index < -0.39 is 0 Å². The summed E-state index contributed by atoms with van der Waals surface area (Å²) in [5.74, 6) is 3.14. The van der Waals surface area contributed by atoms with Crippen molar-refractivity contribution in [2.24, 2.45) is 10.9 Å². The second kappa shape index (κ2) is 12.2. The lowest BCUT2D eigenvalue weighted by molar-refractivity contribution is 0.129. The highest BCUT2D eigenvalue weighted by atomic mass is 127. The first-order valence-electron chi connectivity index (χ1n) is 8.57. The Morgan fingerprint density at radius 3 is 2.64 bits per heavy atom. The van der Waals surface area contributed by atoms with E-state index in [1.165, 1.54) is 12.8 Å². The van der Waals surface area contributed by atoms with Crippen LogP contribution >= 0.6 is 24.0 Å². The van der Waals surface area contributed by atoms with Gasteiger partial charge in [0.2, 0.25) is 0 Å². The molecule has 1 aliphatic carbocycles. The number of methoxy groups -OCH3 is 2. The molecule has 1 aliphatic rings. The maximum Gasteiger partial charge on any atom is 0.191 e. The normalized spacial score (nSPS) is 13.8. The molecule has 0 atom stereocenters. The molecule has 6 nitrogen and oxygen atoms in total. The average molecular weight is 463 g/mol. The fraction of sp³-hybridized carbons (Fsp3) is 0.611. The van der Waals surface area contributed by atoms with Crippen LogP contribution in [0.1, 0.15) is 25.3 Å². The van der Waals surface area contributed by atoms with Crippen LogP contribution in [0.5, 0.6) is 11.5 Å². The van der Waals surface area contributed by atoms with Crippen molar-refractivity contribution in [2.45, 2.75) is 26.3 Å². The molecule has 0 aromatic heterocycles. The van der Waals surface area contributed by atoms with Gasteiger partial charge in [0.15, 0.2) is 5.96 Å². The molecule has 0 radical (unpaired) electrons. The van der Waals surface area contributed by atoms with E-state index in [-0.39, 0.29) is 24.0 Å². The molecule has 2 N–H and O–H groups in total. The summed E-state index contributed by atoms with van der Waals surface area (Å²) in [5, 5.41) is 6.54. The van der Waals surface area contributed by atoms with E-state index in [2.05, 4.69) is 22.5 Å². The highest BCUT2D eigenvalue weighted by molar-refractivity contribution is 14.0. The van der Waals surface area contributed by atoms with E-state index >= 15 is 0 Å². The number of nitrogens with zero attached hydrogens (tertiary/aromatic N) is 1. The van der Waals surface area contributed by atoms with Crippen LogP contribution in [0.15, 0.2) is 23.2 Å². The molecule has 1 aromatic rings. The lowest BCUT2D eigenvalue weighted by Crippen LogP contribution is -2.39. The van der Waals surface area contributed by atoms with E-state index in [4.69, 9.17) is 14.2 Å². The Labute approximate surface area is 167 Å². The predicted octanol–water partition coefficient (Wildman–Crippen LogP) is 2.80. The first-order valence-corrected chi connectivity index (χ1v) is 8.57. The number of halogens is 1. The molecule has 2 rings (SSSR count). The number of aliphatic imine (C=N–C) groups is 1. The van der Waals surface area contributed by atoms with Crippen LogP contribution in [0.25, 0.3) is 0 Å². The van der Waals surface area contributed by atoms with Gasteiger partial charge in [-0.2, -0.15) is 0 Å². The van der Waals surface area contributed by atoms with Crippen LogP contribution in [0.3, 0.4) is 0 Å². The smallest absolute Gasteiger partial charge is 0.191 e. The molecule has 142 valence electrons. The minimum atomic E-state index is 0. The van der Waals surface area contributed by atoms with Crippen LogP contribution in [-0.2, 0) is 11.3 Å². The van der Waals surface area contributed by atoms with Crippen LogP contribution < -0.4 is 20.1 Å². The maximum absolute atomic E-state index is 5.63. The Morgan fingerprint density at radius 2 is 2.00 bits per heavy atom. The van der Waals surface area contributed by atoms with Crippen molar-refractivity contribution in [1.29, 1.82) is 0 Å². The molecule has 1 fully saturated rings. The van der Waals surface area contributed by atoms with E-state index in [9.17, 15) is 0 Å². The van der Waals surface area contributed by atoms with Gasteiger partial charge in [-0.3, -0.25) is 0 Å². The van der Waals surface area contributed by atoms with Crippen molar-refractivity contribution >= 4 is 29.9 Å². The molecule has 0 amide bonds. The lowest BCUT2D eigenvalue weighted by Gasteiger charge is -2.13. The molecular weight excluding hydrogens is 433 g/mol. The van der Waals surface area contributed by atoms with E-state index in [1.807, 2.05) is 18.2 Å². The second-order valence-corrected chi connectivity index (χ2v) is 5.82. The molecule has 0 spiro atoms. The number of ether oxygens (including phenoxy) is 3. The minimum absolute atomic E-state index is 0. The third-order valence-electron chi connectivity index (χ3n) is 3.84. The van der Waals surface area contributed by atoms with Crippen LogP contribution in [0.4, 0.5) is 0 Å². The van der Waals surface area contributed by atoms with Crippen LogP contribution in [-0.4, -0.2) is 46.5 Å². The first-order chi connectivity index (χ1) is 11.8. The topological polar surface area (TPSA) is 64.1 Å². The van der Waals surface area contributed by atoms with Gasteiger partial charge >= 0.3 is 0 Å². The molecule has 0 bridgehead atoms. The minimum Gasteiger partial charge on any atom is -0.497 e. The Bertz CT molecular complexity index is 536. The molecule has 0 aliphatic heterocycles. The third kappa shape index (κ3) is 8.13. The zero-order valence-corrected chi connectivity index (χ0v) is 17.7. The van der Waals surface area contributed by atoms with Crippen LogP contribution in [0, 0.1) is 5.92 Å². The van der Waals surface area contributed by atoms with Gasteiger partial charge in [0.05, 0.1) is 27.4 Å². The fourth-order valence-corrected chi connectivity index (χ4v) is 2.26. The standard InChI is InChI=1S/C18H29N3O3.HI/c1-4-19-18(20-9-10-24-13-14-5-6-14)21-12-15-7-8-16(22-2)11-17(15)23-3;/h7-8,11,14H,4-6,9-10,12-13H2,1-3H3,(H2,19,20,21);1H. The monoisotopic (exact) mass is 463 g/mol. The summed E-state index contributed by atoms with van der Waals surface area (Å²) in [5.41, 5.74) is 1.01. The van der Waals surface area contributed by atoms with Gasteiger partial charge in [-0.1, -0.05) is 0 Å². The predicted molar refractivity (Wildman–Crippen MR) is 111 cm³/mol. The van der Waals surface area contributed by atoms with Crippen molar-refractivity contribution in [2.75, 3.05) is 40.5 Å². The quantitative estimate of drug-likeness (QED) is 0.242. The van der Waals surface area contributed by atoms with Gasteiger partial charge in [0.1, 0.15) is 11.5 Å². The van der Waals surface area contributed by atoms with Crippen molar-refractivity contribution < 1.29 is 14.2 Å². The Balaban J connectivity index is 0.00000312. The summed E-state index contributed by atoms with van der Waals surface area (Å²) >= 11 is 0. The molecule has 0 heterocycles. The van der Waals surface area contributed by atoms with E-state index in [0.29, 0.717) is 13.2 Å².